The van der Waals surface area contributed by atoms with E-state index >= 15 is 0 Å². The number of nitrogens with one attached hydrogen (secondary N) is 2. The standard InChI is InChI=1S/C20H23FN2O3S/c1-14-7-8-15(20(24)22-17-5-3-2-4-6-17)13-19(14)27(25,26)23-18-11-9-16(21)10-12-18/h7-13,17,23H,2-6H2,1H3,(H,22,24). The van der Waals surface area contributed by atoms with E-state index in [9.17, 15) is 17.6 Å². The van der Waals surface area contributed by atoms with Gasteiger partial charge in [0.05, 0.1) is 4.90 Å². The van der Waals surface area contributed by atoms with E-state index in [0.29, 0.717) is 11.1 Å². The first-order valence-corrected chi connectivity index (χ1v) is 10.5. The Morgan fingerprint density at radius 2 is 1.70 bits per heavy atom. The van der Waals surface area contributed by atoms with Crippen LogP contribution in [-0.4, -0.2) is 20.4 Å². The second-order valence-electron chi connectivity index (χ2n) is 6.90. The van der Waals surface area contributed by atoms with E-state index in [4.69, 9.17) is 0 Å². The van der Waals surface area contributed by atoms with E-state index in [1.807, 2.05) is 0 Å². The van der Waals surface area contributed by atoms with Crippen molar-refractivity contribution in [3.63, 3.8) is 0 Å². The molecule has 0 radical (unpaired) electrons. The molecule has 1 saturated carbocycles. The zero-order chi connectivity index (χ0) is 19.4. The summed E-state index contributed by atoms with van der Waals surface area (Å²) in [5.74, 6) is -0.712. The molecule has 1 fully saturated rings. The quantitative estimate of drug-likeness (QED) is 0.810. The van der Waals surface area contributed by atoms with Crippen molar-refractivity contribution in [2.75, 3.05) is 4.72 Å². The minimum absolute atomic E-state index is 0.0307. The van der Waals surface area contributed by atoms with Crippen molar-refractivity contribution in [3.8, 4) is 0 Å². The third kappa shape index (κ3) is 4.86. The van der Waals surface area contributed by atoms with Crippen molar-refractivity contribution in [2.45, 2.75) is 50.0 Å². The molecule has 2 aromatic rings. The van der Waals surface area contributed by atoms with Gasteiger partial charge in [0.1, 0.15) is 5.82 Å². The molecule has 0 heterocycles. The van der Waals surface area contributed by atoms with E-state index in [2.05, 4.69) is 10.0 Å². The number of anilines is 1. The van der Waals surface area contributed by atoms with Crippen molar-refractivity contribution in [2.24, 2.45) is 0 Å². The predicted octanol–water partition coefficient (Wildman–Crippen LogP) is 4.00. The van der Waals surface area contributed by atoms with E-state index in [1.165, 1.54) is 36.8 Å². The molecule has 2 N–H and O–H groups in total. The molecule has 0 bridgehead atoms. The summed E-state index contributed by atoms with van der Waals surface area (Å²) in [5, 5.41) is 2.99. The highest BCUT2D eigenvalue weighted by atomic mass is 32.2. The van der Waals surface area contributed by atoms with Gasteiger partial charge in [0.25, 0.3) is 15.9 Å². The Kier molecular flexibility index (Phi) is 5.79. The Balaban J connectivity index is 1.81. The van der Waals surface area contributed by atoms with Crippen molar-refractivity contribution >= 4 is 21.6 Å². The SMILES string of the molecule is Cc1ccc(C(=O)NC2CCCCC2)cc1S(=O)(=O)Nc1ccc(F)cc1. The molecule has 1 amide bonds. The lowest BCUT2D eigenvalue weighted by Crippen LogP contribution is -2.36. The highest BCUT2D eigenvalue weighted by molar-refractivity contribution is 7.92. The number of aryl methyl sites for hydroxylation is 1. The molecule has 0 aromatic heterocycles. The molecule has 1 aliphatic carbocycles. The van der Waals surface area contributed by atoms with Crippen LogP contribution in [0.3, 0.4) is 0 Å². The average Bonchev–Trinajstić information content (AvgIpc) is 2.64. The Labute approximate surface area is 159 Å². The first kappa shape index (κ1) is 19.4. The molecule has 0 spiro atoms. The fourth-order valence-corrected chi connectivity index (χ4v) is 4.60. The number of hydrogen-bond donors (Lipinski definition) is 2. The zero-order valence-electron chi connectivity index (χ0n) is 15.2. The molecule has 1 aliphatic rings. The summed E-state index contributed by atoms with van der Waals surface area (Å²) in [6, 6.07) is 9.84. The first-order valence-electron chi connectivity index (χ1n) is 9.05. The summed E-state index contributed by atoms with van der Waals surface area (Å²) in [6.45, 7) is 1.67. The van der Waals surface area contributed by atoms with Gasteiger partial charge in [0, 0.05) is 17.3 Å². The maximum absolute atomic E-state index is 13.0. The Morgan fingerprint density at radius 1 is 1.04 bits per heavy atom. The van der Waals surface area contributed by atoms with Crippen LogP contribution in [0, 0.1) is 12.7 Å². The fraction of sp³-hybridized carbons (Fsp3) is 0.350. The molecular weight excluding hydrogens is 367 g/mol. The number of sulfonamides is 1. The Bertz CT molecular complexity index is 921. The fourth-order valence-electron chi connectivity index (χ4n) is 3.27. The van der Waals surface area contributed by atoms with Gasteiger partial charge in [-0.05, 0) is 61.7 Å². The number of carbonyl (C=O) groups is 1. The van der Waals surface area contributed by atoms with Crippen LogP contribution < -0.4 is 10.0 Å². The number of carbonyl (C=O) groups excluding carboxylic acids is 1. The lowest BCUT2D eigenvalue weighted by atomic mass is 9.95. The highest BCUT2D eigenvalue weighted by Crippen LogP contribution is 2.22. The molecule has 7 heteroatoms. The normalized spacial score (nSPS) is 15.3. The lowest BCUT2D eigenvalue weighted by Gasteiger charge is -2.23. The maximum Gasteiger partial charge on any atom is 0.262 e. The monoisotopic (exact) mass is 390 g/mol. The summed E-state index contributed by atoms with van der Waals surface area (Å²) >= 11 is 0. The summed E-state index contributed by atoms with van der Waals surface area (Å²) in [4.78, 5) is 12.6. The summed E-state index contributed by atoms with van der Waals surface area (Å²) in [7, 11) is -3.90. The third-order valence-electron chi connectivity index (χ3n) is 4.78. The average molecular weight is 390 g/mol. The van der Waals surface area contributed by atoms with Gasteiger partial charge in [-0.3, -0.25) is 9.52 Å². The van der Waals surface area contributed by atoms with Crippen LogP contribution in [-0.2, 0) is 10.0 Å². The second kappa shape index (κ2) is 8.08. The number of hydrogen-bond acceptors (Lipinski definition) is 3. The summed E-state index contributed by atoms with van der Waals surface area (Å²) in [5.41, 5.74) is 1.09. The minimum Gasteiger partial charge on any atom is -0.349 e. The van der Waals surface area contributed by atoms with Gasteiger partial charge in [-0.2, -0.15) is 0 Å². The molecule has 0 unspecified atom stereocenters. The third-order valence-corrected chi connectivity index (χ3v) is 6.30. The topological polar surface area (TPSA) is 75.3 Å². The Morgan fingerprint density at radius 3 is 2.37 bits per heavy atom. The summed E-state index contributed by atoms with van der Waals surface area (Å²) < 4.78 is 40.9. The molecule has 0 aliphatic heterocycles. The van der Waals surface area contributed by atoms with E-state index in [1.54, 1.807) is 19.1 Å². The zero-order valence-corrected chi connectivity index (χ0v) is 16.0. The minimum atomic E-state index is -3.90. The smallest absolute Gasteiger partial charge is 0.262 e. The van der Waals surface area contributed by atoms with Gasteiger partial charge in [-0.25, -0.2) is 12.8 Å². The van der Waals surface area contributed by atoms with E-state index in [-0.39, 0.29) is 22.5 Å². The predicted molar refractivity (Wildman–Crippen MR) is 103 cm³/mol. The van der Waals surface area contributed by atoms with E-state index in [0.717, 1.165) is 25.7 Å². The van der Waals surface area contributed by atoms with E-state index < -0.39 is 15.8 Å². The summed E-state index contributed by atoms with van der Waals surface area (Å²) in [6.07, 6.45) is 5.29. The van der Waals surface area contributed by atoms with Gasteiger partial charge in [-0.1, -0.05) is 25.3 Å². The number of halogens is 1. The highest BCUT2D eigenvalue weighted by Gasteiger charge is 2.21. The first-order chi connectivity index (χ1) is 12.8. The molecule has 5 nitrogen and oxygen atoms in total. The Hall–Kier alpha value is -2.41. The van der Waals surface area contributed by atoms with Gasteiger partial charge < -0.3 is 5.32 Å². The van der Waals surface area contributed by atoms with Gasteiger partial charge in [-0.15, -0.1) is 0 Å². The number of amides is 1. The van der Waals surface area contributed by atoms with Crippen molar-refractivity contribution in [1.29, 1.82) is 0 Å². The molecule has 27 heavy (non-hydrogen) atoms. The molecule has 3 rings (SSSR count). The lowest BCUT2D eigenvalue weighted by molar-refractivity contribution is 0.0927. The van der Waals surface area contributed by atoms with Crippen molar-refractivity contribution < 1.29 is 17.6 Å². The number of benzene rings is 2. The van der Waals surface area contributed by atoms with Crippen LogP contribution in [0.5, 0.6) is 0 Å². The molecule has 2 aromatic carbocycles. The second-order valence-corrected chi connectivity index (χ2v) is 8.55. The van der Waals surface area contributed by atoms with Gasteiger partial charge in [0.15, 0.2) is 0 Å². The van der Waals surface area contributed by atoms with Crippen LogP contribution in [0.15, 0.2) is 47.4 Å². The van der Waals surface area contributed by atoms with Crippen LogP contribution in [0.2, 0.25) is 0 Å². The number of rotatable bonds is 5. The van der Waals surface area contributed by atoms with Crippen LogP contribution in [0.25, 0.3) is 0 Å². The van der Waals surface area contributed by atoms with Crippen LogP contribution >= 0.6 is 0 Å². The van der Waals surface area contributed by atoms with Crippen molar-refractivity contribution in [1.82, 2.24) is 5.32 Å². The van der Waals surface area contributed by atoms with Crippen LogP contribution in [0.4, 0.5) is 10.1 Å². The van der Waals surface area contributed by atoms with Crippen molar-refractivity contribution in [3.05, 3.63) is 59.4 Å². The molecule has 0 atom stereocenters. The van der Waals surface area contributed by atoms with Crippen LogP contribution in [0.1, 0.15) is 48.0 Å². The maximum atomic E-state index is 13.0. The molecule has 0 saturated heterocycles. The van der Waals surface area contributed by atoms with Gasteiger partial charge >= 0.3 is 0 Å². The molecule has 144 valence electrons. The molecular formula is C20H23FN2O3S. The van der Waals surface area contributed by atoms with Gasteiger partial charge in [0.2, 0.25) is 0 Å². The largest absolute Gasteiger partial charge is 0.349 e.